The molecule has 0 aliphatic carbocycles. The minimum atomic E-state index is 0.311. The van der Waals surface area contributed by atoms with Crippen LogP contribution >= 0.6 is 11.3 Å². The van der Waals surface area contributed by atoms with Gasteiger partial charge >= 0.3 is 0 Å². The van der Waals surface area contributed by atoms with Crippen molar-refractivity contribution in [3.63, 3.8) is 0 Å². The van der Waals surface area contributed by atoms with Crippen molar-refractivity contribution in [1.29, 1.82) is 5.41 Å². The average molecular weight is 585 g/mol. The number of benzene rings is 6. The summed E-state index contributed by atoms with van der Waals surface area (Å²) in [5.41, 5.74) is 6.23. The van der Waals surface area contributed by atoms with Gasteiger partial charge < -0.3 is 9.88 Å². The van der Waals surface area contributed by atoms with Gasteiger partial charge in [-0.15, -0.1) is 11.3 Å². The largest absolute Gasteiger partial charge is 0.325 e. The zero-order valence-electron chi connectivity index (χ0n) is 23.9. The third-order valence-corrected chi connectivity index (χ3v) is 9.25. The minimum Gasteiger partial charge on any atom is -0.325 e. The highest BCUT2D eigenvalue weighted by atomic mass is 32.1. The van der Waals surface area contributed by atoms with Gasteiger partial charge in [-0.1, -0.05) is 109 Å². The Kier molecular flexibility index (Phi) is 6.51. The van der Waals surface area contributed by atoms with Crippen LogP contribution in [0.5, 0.6) is 0 Å². The van der Waals surface area contributed by atoms with Gasteiger partial charge in [0.15, 0.2) is 0 Å². The average Bonchev–Trinajstić information content (AvgIpc) is 3.61. The first-order chi connectivity index (χ1) is 21.7. The van der Waals surface area contributed by atoms with Gasteiger partial charge in [-0.25, -0.2) is 0 Å². The van der Waals surface area contributed by atoms with Crippen LogP contribution in [-0.2, 0) is 6.54 Å². The molecule has 0 radical (unpaired) electrons. The molecule has 210 valence electrons. The highest BCUT2D eigenvalue weighted by Gasteiger charge is 2.17. The number of amidine groups is 2. The first-order valence-electron chi connectivity index (χ1n) is 14.7. The summed E-state index contributed by atoms with van der Waals surface area (Å²) in [6.45, 7) is 0.508. The van der Waals surface area contributed by atoms with Gasteiger partial charge in [-0.2, -0.15) is 0 Å². The minimum absolute atomic E-state index is 0.311. The number of hydrogen-bond acceptors (Lipinski definition) is 3. The number of nitrogens with zero attached hydrogens (tertiary/aromatic N) is 2. The van der Waals surface area contributed by atoms with Crippen LogP contribution in [-0.4, -0.2) is 16.2 Å². The number of hydrogen-bond donors (Lipinski definition) is 2. The number of aliphatic imine (C=N–C) groups is 1. The molecule has 0 atom stereocenters. The van der Waals surface area contributed by atoms with Gasteiger partial charge in [0.1, 0.15) is 11.7 Å². The van der Waals surface area contributed by atoms with Gasteiger partial charge in [-0.3, -0.25) is 10.4 Å². The predicted octanol–water partition coefficient (Wildman–Crippen LogP) is 9.71. The third kappa shape index (κ3) is 4.64. The van der Waals surface area contributed by atoms with E-state index in [0.717, 1.165) is 27.9 Å². The Morgan fingerprint density at radius 1 is 0.591 bits per heavy atom. The van der Waals surface area contributed by atoms with Crippen molar-refractivity contribution in [2.24, 2.45) is 4.99 Å². The van der Waals surface area contributed by atoms with Crippen LogP contribution in [0.2, 0.25) is 0 Å². The molecule has 0 spiro atoms. The molecule has 8 rings (SSSR count). The fourth-order valence-corrected chi connectivity index (χ4v) is 7.14. The Morgan fingerprint density at radius 3 is 2.14 bits per heavy atom. The van der Waals surface area contributed by atoms with Crippen molar-refractivity contribution in [1.82, 2.24) is 9.88 Å². The molecule has 0 aliphatic rings. The molecule has 0 bridgehead atoms. The van der Waals surface area contributed by atoms with Crippen LogP contribution in [0.1, 0.15) is 16.7 Å². The summed E-state index contributed by atoms with van der Waals surface area (Å²) in [6, 6.07) is 50.4. The van der Waals surface area contributed by atoms with Crippen LogP contribution in [0.25, 0.3) is 47.7 Å². The maximum absolute atomic E-state index is 8.83. The molecule has 0 saturated heterocycles. The summed E-state index contributed by atoms with van der Waals surface area (Å²) in [7, 11) is 0. The predicted molar refractivity (Wildman–Crippen MR) is 187 cm³/mol. The summed E-state index contributed by atoms with van der Waals surface area (Å²) in [4.78, 5) is 5.00. The smallest absolute Gasteiger partial charge is 0.134 e. The van der Waals surface area contributed by atoms with E-state index in [1.54, 1.807) is 0 Å². The maximum Gasteiger partial charge on any atom is 0.134 e. The Bertz CT molecular complexity index is 2350. The number of thiophene rings is 1. The van der Waals surface area contributed by atoms with Gasteiger partial charge in [0.2, 0.25) is 0 Å². The molecule has 2 heterocycles. The standard InChI is InChI=1S/C39H28N4S/c40-38(27-14-5-2-6-15-27)42-39(41-25-26-12-3-1-4-13-26)28-16-11-17-29(22-28)43-34-20-9-7-18-30(34)32-24-37-33(23-35(32)43)31-19-8-10-21-36(31)44-37/h1-24H,25H2,(H2,40,41,42). The molecule has 0 amide bonds. The van der Waals surface area contributed by atoms with Crippen LogP contribution in [0.3, 0.4) is 0 Å². The second kappa shape index (κ2) is 11.0. The van der Waals surface area contributed by atoms with Gasteiger partial charge in [0.05, 0.1) is 17.6 Å². The Balaban J connectivity index is 1.29. The molecule has 0 unspecified atom stereocenters. The topological polar surface area (TPSA) is 53.2 Å². The summed E-state index contributed by atoms with van der Waals surface area (Å²) < 4.78 is 4.96. The van der Waals surface area contributed by atoms with Crippen LogP contribution < -0.4 is 5.32 Å². The molecule has 2 aromatic heterocycles. The van der Waals surface area contributed by atoms with Crippen molar-refractivity contribution >= 4 is 65.0 Å². The van der Waals surface area contributed by atoms with Gasteiger partial charge in [0.25, 0.3) is 0 Å². The van der Waals surface area contributed by atoms with E-state index >= 15 is 0 Å². The second-order valence-corrected chi connectivity index (χ2v) is 12.0. The van der Waals surface area contributed by atoms with Crippen LogP contribution in [0.15, 0.2) is 151 Å². The van der Waals surface area contributed by atoms with Gasteiger partial charge in [0, 0.05) is 47.8 Å². The van der Waals surface area contributed by atoms with Gasteiger partial charge in [-0.05, 0) is 42.0 Å². The van der Waals surface area contributed by atoms with Crippen LogP contribution in [0, 0.1) is 5.41 Å². The molecule has 4 nitrogen and oxygen atoms in total. The number of fused-ring (bicyclic) bond motifs is 6. The fraction of sp³-hybridized carbons (Fsp3) is 0.0256. The first-order valence-corrected chi connectivity index (χ1v) is 15.5. The highest BCUT2D eigenvalue weighted by Crippen LogP contribution is 2.40. The lowest BCUT2D eigenvalue weighted by Crippen LogP contribution is -2.31. The monoisotopic (exact) mass is 584 g/mol. The lowest BCUT2D eigenvalue weighted by molar-refractivity contribution is 1.05. The van der Waals surface area contributed by atoms with E-state index < -0.39 is 0 Å². The molecule has 5 heteroatoms. The van der Waals surface area contributed by atoms with Crippen molar-refractivity contribution in [3.05, 3.63) is 162 Å². The first kappa shape index (κ1) is 26.1. The lowest BCUT2D eigenvalue weighted by Gasteiger charge is -2.14. The molecule has 8 aromatic rings. The molecule has 0 aliphatic heterocycles. The number of rotatable bonds is 5. The summed E-state index contributed by atoms with van der Waals surface area (Å²) in [5.74, 6) is 0.975. The number of nitrogens with one attached hydrogen (secondary N) is 2. The number of aromatic nitrogens is 1. The zero-order chi connectivity index (χ0) is 29.5. The van der Waals surface area contributed by atoms with E-state index in [2.05, 4.69) is 107 Å². The second-order valence-electron chi connectivity index (χ2n) is 10.9. The third-order valence-electron chi connectivity index (χ3n) is 8.12. The molecule has 0 saturated carbocycles. The molecule has 2 N–H and O–H groups in total. The Labute approximate surface area is 259 Å². The molecule has 6 aromatic carbocycles. The molecule has 0 fully saturated rings. The Morgan fingerprint density at radius 2 is 1.30 bits per heavy atom. The zero-order valence-corrected chi connectivity index (χ0v) is 24.7. The van der Waals surface area contributed by atoms with E-state index in [9.17, 15) is 0 Å². The van der Waals surface area contributed by atoms with Crippen molar-refractivity contribution in [3.8, 4) is 5.69 Å². The van der Waals surface area contributed by atoms with E-state index in [0.29, 0.717) is 18.2 Å². The van der Waals surface area contributed by atoms with E-state index in [4.69, 9.17) is 10.4 Å². The number of para-hydroxylation sites is 1. The summed E-state index contributed by atoms with van der Waals surface area (Å²) >= 11 is 1.85. The molecule has 44 heavy (non-hydrogen) atoms. The lowest BCUT2D eigenvalue weighted by atomic mass is 10.1. The van der Waals surface area contributed by atoms with E-state index in [1.807, 2.05) is 59.9 Å². The quantitative estimate of drug-likeness (QED) is 0.154. The molecular weight excluding hydrogens is 557 g/mol. The Hall–Kier alpha value is -5.52. The van der Waals surface area contributed by atoms with E-state index in [-0.39, 0.29) is 0 Å². The summed E-state index contributed by atoms with van der Waals surface area (Å²) in [5, 5.41) is 17.2. The van der Waals surface area contributed by atoms with Crippen molar-refractivity contribution in [2.45, 2.75) is 6.54 Å². The summed E-state index contributed by atoms with van der Waals surface area (Å²) in [6.07, 6.45) is 0. The SMILES string of the molecule is N=C(NC(=NCc1ccccc1)c1cccc(-n2c3ccccc3c3cc4sc5ccccc5c4cc32)c1)c1ccccc1. The molecular formula is C39H28N4S. The van der Waals surface area contributed by atoms with Crippen molar-refractivity contribution in [2.75, 3.05) is 0 Å². The van der Waals surface area contributed by atoms with Crippen LogP contribution in [0.4, 0.5) is 0 Å². The van der Waals surface area contributed by atoms with E-state index in [1.165, 1.54) is 36.5 Å². The maximum atomic E-state index is 8.83. The normalized spacial score (nSPS) is 12.0. The van der Waals surface area contributed by atoms with Crippen molar-refractivity contribution < 1.29 is 0 Å². The fourth-order valence-electron chi connectivity index (χ4n) is 6.01. The highest BCUT2D eigenvalue weighted by molar-refractivity contribution is 7.25.